The zero-order valence-corrected chi connectivity index (χ0v) is 27.2. The van der Waals surface area contributed by atoms with Crippen LogP contribution in [0, 0.1) is 20.8 Å². The molecule has 2 amide bonds. The number of thiophene rings is 1. The molecule has 244 valence electrons. The fraction of sp³-hybridized carbons (Fsp3) is 0.500. The Balaban J connectivity index is 1.21. The Morgan fingerprint density at radius 2 is 1.47 bits per heavy atom. The normalized spacial score (nSPS) is 14.0. The molecule has 0 bridgehead atoms. The molecule has 13 nitrogen and oxygen atoms in total. The lowest BCUT2D eigenvalue weighted by molar-refractivity contribution is -0.121. The number of halogens is 1. The molecule has 0 saturated heterocycles. The van der Waals surface area contributed by atoms with Crippen LogP contribution in [-0.2, 0) is 23.7 Å². The zero-order valence-electron chi connectivity index (χ0n) is 25.6. The second-order valence-electron chi connectivity index (χ2n) is 10.1. The average molecular weight is 663 g/mol. The molecular weight excluding hydrogens is 624 g/mol. The molecule has 3 aromatic rings. The highest BCUT2D eigenvalue weighted by Crippen LogP contribution is 2.39. The Morgan fingerprint density at radius 1 is 0.889 bits per heavy atom. The van der Waals surface area contributed by atoms with Gasteiger partial charge in [0, 0.05) is 34.1 Å². The zero-order chi connectivity index (χ0) is 32.2. The van der Waals surface area contributed by atoms with Gasteiger partial charge in [0.05, 0.1) is 65.0 Å². The summed E-state index contributed by atoms with van der Waals surface area (Å²) in [4.78, 5) is 29.7. The van der Waals surface area contributed by atoms with Crippen LogP contribution in [-0.4, -0.2) is 104 Å². The van der Waals surface area contributed by atoms with Crippen LogP contribution in [0.25, 0.3) is 5.00 Å². The maximum absolute atomic E-state index is 13.0. The van der Waals surface area contributed by atoms with Crippen LogP contribution in [0.5, 0.6) is 0 Å². The minimum atomic E-state index is -1.07. The minimum absolute atomic E-state index is 0.107. The highest BCUT2D eigenvalue weighted by molar-refractivity contribution is 7.15. The predicted molar refractivity (Wildman–Crippen MR) is 170 cm³/mol. The highest BCUT2D eigenvalue weighted by Gasteiger charge is 2.32. The van der Waals surface area contributed by atoms with Gasteiger partial charge in [0.15, 0.2) is 5.82 Å². The van der Waals surface area contributed by atoms with Gasteiger partial charge in [-0.15, -0.1) is 21.5 Å². The van der Waals surface area contributed by atoms with Crippen LogP contribution in [0.2, 0.25) is 5.02 Å². The number of fused-ring (bicyclic) bond motifs is 3. The van der Waals surface area contributed by atoms with Gasteiger partial charge in [-0.1, -0.05) is 23.7 Å². The van der Waals surface area contributed by atoms with Crippen LogP contribution in [0.3, 0.4) is 0 Å². The molecule has 1 aliphatic heterocycles. The molecule has 0 fully saturated rings. The molecule has 0 saturated carbocycles. The number of nitrogens with zero attached hydrogens (tertiary/aromatic N) is 4. The number of aliphatic imine (C=N–C) groups is 1. The van der Waals surface area contributed by atoms with Gasteiger partial charge < -0.3 is 34.7 Å². The molecule has 1 aromatic carbocycles. The predicted octanol–water partition coefficient (Wildman–Crippen LogP) is 3.64. The number of benzene rings is 1. The largest absolute Gasteiger partial charge is 0.465 e. The smallest absolute Gasteiger partial charge is 0.404 e. The lowest BCUT2D eigenvalue weighted by Crippen LogP contribution is -2.29. The van der Waals surface area contributed by atoms with Gasteiger partial charge in [-0.05, 0) is 38.5 Å². The van der Waals surface area contributed by atoms with Crippen molar-refractivity contribution >= 4 is 40.6 Å². The van der Waals surface area contributed by atoms with Crippen molar-refractivity contribution < 1.29 is 33.6 Å². The molecule has 1 unspecified atom stereocenters. The summed E-state index contributed by atoms with van der Waals surface area (Å²) in [5, 5.41) is 24.0. The minimum Gasteiger partial charge on any atom is -0.465 e. The monoisotopic (exact) mass is 662 g/mol. The van der Waals surface area contributed by atoms with E-state index in [-0.39, 0.29) is 18.9 Å². The summed E-state index contributed by atoms with van der Waals surface area (Å²) in [6, 6.07) is 7.05. The third kappa shape index (κ3) is 9.79. The maximum Gasteiger partial charge on any atom is 0.404 e. The number of rotatable bonds is 18. The van der Waals surface area contributed by atoms with Crippen molar-refractivity contribution in [3.63, 3.8) is 0 Å². The van der Waals surface area contributed by atoms with E-state index in [1.54, 1.807) is 11.3 Å². The van der Waals surface area contributed by atoms with Crippen molar-refractivity contribution in [3.05, 3.63) is 62.5 Å². The molecule has 2 aromatic heterocycles. The Hall–Kier alpha value is -3.40. The van der Waals surface area contributed by atoms with E-state index < -0.39 is 12.1 Å². The van der Waals surface area contributed by atoms with Gasteiger partial charge in [-0.2, -0.15) is 0 Å². The molecule has 0 aliphatic carbocycles. The Morgan fingerprint density at radius 3 is 2.07 bits per heavy atom. The van der Waals surface area contributed by atoms with Crippen molar-refractivity contribution in [3.8, 4) is 5.00 Å². The molecule has 0 spiro atoms. The quantitative estimate of drug-likeness (QED) is 0.173. The number of aromatic nitrogens is 3. The summed E-state index contributed by atoms with van der Waals surface area (Å²) in [6.07, 6.45) is -0.967. The fourth-order valence-corrected chi connectivity index (χ4v) is 5.97. The van der Waals surface area contributed by atoms with E-state index >= 15 is 0 Å². The number of hydrogen-bond acceptors (Lipinski definition) is 10. The van der Waals surface area contributed by atoms with Crippen LogP contribution >= 0.6 is 22.9 Å². The second-order valence-corrected chi connectivity index (χ2v) is 11.8. The highest BCUT2D eigenvalue weighted by atomic mass is 35.5. The molecule has 1 atom stereocenters. The second kappa shape index (κ2) is 17.3. The van der Waals surface area contributed by atoms with Crippen LogP contribution in [0.4, 0.5) is 4.79 Å². The summed E-state index contributed by atoms with van der Waals surface area (Å²) in [5.74, 6) is 1.21. The molecule has 4 rings (SSSR count). The molecule has 15 heteroatoms. The first-order valence-electron chi connectivity index (χ1n) is 14.7. The van der Waals surface area contributed by atoms with Crippen molar-refractivity contribution in [2.24, 2.45) is 4.99 Å². The molecule has 3 N–H and O–H groups in total. The van der Waals surface area contributed by atoms with E-state index in [4.69, 9.17) is 40.6 Å². The first-order chi connectivity index (χ1) is 21.8. The van der Waals surface area contributed by atoms with E-state index in [1.165, 1.54) is 4.88 Å². The van der Waals surface area contributed by atoms with Gasteiger partial charge in [-0.25, -0.2) is 4.79 Å². The number of carbonyl (C=O) groups excluding carboxylic acids is 1. The van der Waals surface area contributed by atoms with Gasteiger partial charge in [-0.3, -0.25) is 14.4 Å². The standard InChI is InChI=1S/C30H39ClN6O7S/c1-19-20(2)45-29-26(19)27(22-4-6-23(31)7-5-22)34-24(28-36-35-21(3)37(28)29)18-25(38)32-8-10-41-12-14-43-16-17-44-15-13-42-11-9-33-30(39)40/h4-7,24,33H,8-18H2,1-3H3,(H,32,38)(H,39,40). The van der Waals surface area contributed by atoms with Crippen LogP contribution in [0.15, 0.2) is 29.3 Å². The van der Waals surface area contributed by atoms with E-state index in [9.17, 15) is 9.59 Å². The molecule has 3 heterocycles. The van der Waals surface area contributed by atoms with Crippen LogP contribution < -0.4 is 10.6 Å². The number of carbonyl (C=O) groups is 2. The van der Waals surface area contributed by atoms with E-state index in [0.717, 1.165) is 33.2 Å². The van der Waals surface area contributed by atoms with E-state index in [1.807, 2.05) is 35.8 Å². The van der Waals surface area contributed by atoms with Crippen molar-refractivity contribution in [2.45, 2.75) is 33.2 Å². The SMILES string of the molecule is Cc1sc2c(c1C)C(c1ccc(Cl)cc1)=NC(CC(=O)NCCOCCOCCOCCOCCNC(=O)O)c1nnc(C)n1-2. The van der Waals surface area contributed by atoms with Gasteiger partial charge >= 0.3 is 6.09 Å². The Bertz CT molecular complexity index is 1460. The number of hydrogen-bond donors (Lipinski definition) is 3. The molecule has 45 heavy (non-hydrogen) atoms. The summed E-state index contributed by atoms with van der Waals surface area (Å²) in [7, 11) is 0. The third-order valence-corrected chi connectivity index (χ3v) is 8.39. The molecule has 1 aliphatic rings. The van der Waals surface area contributed by atoms with E-state index in [2.05, 4.69) is 34.7 Å². The number of ether oxygens (including phenoxy) is 4. The lowest BCUT2D eigenvalue weighted by atomic mass is 9.99. The van der Waals surface area contributed by atoms with Gasteiger partial charge in [0.25, 0.3) is 0 Å². The Labute approximate surface area is 270 Å². The summed E-state index contributed by atoms with van der Waals surface area (Å²) < 4.78 is 23.7. The number of carboxylic acid groups (broad SMARTS) is 1. The van der Waals surface area contributed by atoms with Crippen LogP contribution in [0.1, 0.15) is 45.7 Å². The van der Waals surface area contributed by atoms with Gasteiger partial charge in [0.2, 0.25) is 5.91 Å². The fourth-order valence-electron chi connectivity index (χ4n) is 4.63. The number of aryl methyl sites for hydroxylation is 2. The Kier molecular flexibility index (Phi) is 13.3. The summed E-state index contributed by atoms with van der Waals surface area (Å²) in [5.41, 5.74) is 3.88. The average Bonchev–Trinajstić information content (AvgIpc) is 3.49. The number of amides is 2. The maximum atomic E-state index is 13.0. The topological polar surface area (TPSA) is 158 Å². The first-order valence-corrected chi connectivity index (χ1v) is 15.9. The number of nitrogens with one attached hydrogen (secondary N) is 2. The lowest BCUT2D eigenvalue weighted by Gasteiger charge is -2.13. The van der Waals surface area contributed by atoms with Crippen molar-refractivity contribution in [2.75, 3.05) is 65.9 Å². The van der Waals surface area contributed by atoms with Crippen molar-refractivity contribution in [1.82, 2.24) is 25.4 Å². The van der Waals surface area contributed by atoms with E-state index in [0.29, 0.717) is 70.2 Å². The summed E-state index contributed by atoms with van der Waals surface area (Å²) >= 11 is 7.85. The van der Waals surface area contributed by atoms with Crippen molar-refractivity contribution in [1.29, 1.82) is 0 Å². The third-order valence-electron chi connectivity index (χ3n) is 6.94. The molecule has 0 radical (unpaired) electrons. The van der Waals surface area contributed by atoms with Gasteiger partial charge in [0.1, 0.15) is 16.9 Å². The summed E-state index contributed by atoms with van der Waals surface area (Å²) in [6.45, 7) is 9.70. The first kappa shape index (κ1) is 34.5. The molecular formula is C30H39ClN6O7S.